The maximum Gasteiger partial charge on any atom is 0.221 e. The van der Waals surface area contributed by atoms with Crippen LogP contribution in [0.25, 0.3) is 0 Å². The molecule has 0 radical (unpaired) electrons. The SMILES string of the molecule is CC(=O)Nc1cccc(CSCc2ccco2)c1. The molecule has 2 rings (SSSR count). The molecule has 4 heteroatoms. The average Bonchev–Trinajstić information content (AvgIpc) is 2.82. The lowest BCUT2D eigenvalue weighted by molar-refractivity contribution is -0.114. The molecule has 3 nitrogen and oxygen atoms in total. The van der Waals surface area contributed by atoms with Gasteiger partial charge in [-0.15, -0.1) is 11.8 Å². The fourth-order valence-corrected chi connectivity index (χ4v) is 2.49. The first-order valence-electron chi connectivity index (χ1n) is 5.71. The average molecular weight is 261 g/mol. The number of anilines is 1. The standard InChI is InChI=1S/C14H15NO2S/c1-11(16)15-13-5-2-4-12(8-13)9-18-10-14-6-3-7-17-14/h2-8H,9-10H2,1H3,(H,15,16). The molecule has 0 spiro atoms. The minimum Gasteiger partial charge on any atom is -0.468 e. The molecule has 0 aliphatic rings. The highest BCUT2D eigenvalue weighted by molar-refractivity contribution is 7.97. The number of carbonyl (C=O) groups excluding carboxylic acids is 1. The van der Waals surface area contributed by atoms with Crippen LogP contribution in [0, 0.1) is 0 Å². The number of nitrogens with one attached hydrogen (secondary N) is 1. The zero-order chi connectivity index (χ0) is 12.8. The number of hydrogen-bond acceptors (Lipinski definition) is 3. The van der Waals surface area contributed by atoms with E-state index in [4.69, 9.17) is 4.42 Å². The van der Waals surface area contributed by atoms with E-state index < -0.39 is 0 Å². The summed E-state index contributed by atoms with van der Waals surface area (Å²) in [6.45, 7) is 1.51. The summed E-state index contributed by atoms with van der Waals surface area (Å²) in [6, 6.07) is 11.8. The number of benzene rings is 1. The molecule has 1 N–H and O–H groups in total. The Hall–Kier alpha value is -1.68. The van der Waals surface area contributed by atoms with Gasteiger partial charge in [-0.2, -0.15) is 0 Å². The van der Waals surface area contributed by atoms with E-state index in [0.717, 1.165) is 23.0 Å². The smallest absolute Gasteiger partial charge is 0.221 e. The van der Waals surface area contributed by atoms with E-state index >= 15 is 0 Å². The third-order valence-electron chi connectivity index (χ3n) is 2.34. The number of thioether (sulfide) groups is 1. The van der Waals surface area contributed by atoms with Gasteiger partial charge in [0.1, 0.15) is 5.76 Å². The van der Waals surface area contributed by atoms with E-state index in [9.17, 15) is 4.79 Å². The lowest BCUT2D eigenvalue weighted by Crippen LogP contribution is -2.05. The van der Waals surface area contributed by atoms with Crippen molar-refractivity contribution in [1.82, 2.24) is 0 Å². The van der Waals surface area contributed by atoms with Gasteiger partial charge in [0.2, 0.25) is 5.91 Å². The Morgan fingerprint density at radius 1 is 1.28 bits per heavy atom. The van der Waals surface area contributed by atoms with Gasteiger partial charge in [0.15, 0.2) is 0 Å². The quantitative estimate of drug-likeness (QED) is 0.893. The number of hydrogen-bond donors (Lipinski definition) is 1. The second-order valence-corrected chi connectivity index (χ2v) is 4.94. The van der Waals surface area contributed by atoms with Crippen molar-refractivity contribution in [1.29, 1.82) is 0 Å². The van der Waals surface area contributed by atoms with Crippen LogP contribution in [0.15, 0.2) is 47.1 Å². The van der Waals surface area contributed by atoms with Crippen molar-refractivity contribution in [2.24, 2.45) is 0 Å². The van der Waals surface area contributed by atoms with Gasteiger partial charge < -0.3 is 9.73 Å². The lowest BCUT2D eigenvalue weighted by atomic mass is 10.2. The molecule has 1 aromatic heterocycles. The molecule has 1 aromatic carbocycles. The van der Waals surface area contributed by atoms with Crippen molar-refractivity contribution < 1.29 is 9.21 Å². The Kier molecular flexibility index (Phi) is 4.47. The van der Waals surface area contributed by atoms with E-state index in [1.54, 1.807) is 18.0 Å². The first-order valence-corrected chi connectivity index (χ1v) is 6.86. The highest BCUT2D eigenvalue weighted by Crippen LogP contribution is 2.20. The predicted octanol–water partition coefficient (Wildman–Crippen LogP) is 3.67. The Bertz CT molecular complexity index is 508. The van der Waals surface area contributed by atoms with Crippen LogP contribution in [0.5, 0.6) is 0 Å². The van der Waals surface area contributed by atoms with Crippen LogP contribution in [0.3, 0.4) is 0 Å². The van der Waals surface area contributed by atoms with E-state index in [-0.39, 0.29) is 5.91 Å². The zero-order valence-corrected chi connectivity index (χ0v) is 11.0. The second kappa shape index (κ2) is 6.31. The normalized spacial score (nSPS) is 10.3. The van der Waals surface area contributed by atoms with Crippen molar-refractivity contribution in [3.63, 3.8) is 0 Å². The largest absolute Gasteiger partial charge is 0.468 e. The van der Waals surface area contributed by atoms with E-state index in [0.29, 0.717) is 0 Å². The minimum absolute atomic E-state index is 0.0459. The summed E-state index contributed by atoms with van der Waals surface area (Å²) in [6.07, 6.45) is 1.69. The predicted molar refractivity (Wildman–Crippen MR) is 74.5 cm³/mol. The summed E-state index contributed by atoms with van der Waals surface area (Å²) >= 11 is 1.79. The summed E-state index contributed by atoms with van der Waals surface area (Å²) < 4.78 is 5.27. The molecule has 0 aliphatic carbocycles. The van der Waals surface area contributed by atoms with E-state index in [1.165, 1.54) is 12.5 Å². The van der Waals surface area contributed by atoms with Crippen LogP contribution in [-0.2, 0) is 16.3 Å². The van der Waals surface area contributed by atoms with Gasteiger partial charge in [0.05, 0.1) is 12.0 Å². The summed E-state index contributed by atoms with van der Waals surface area (Å²) in [4.78, 5) is 11.0. The topological polar surface area (TPSA) is 42.2 Å². The fraction of sp³-hybridized carbons (Fsp3) is 0.214. The number of amides is 1. The molecule has 0 atom stereocenters. The van der Waals surface area contributed by atoms with Crippen LogP contribution >= 0.6 is 11.8 Å². The van der Waals surface area contributed by atoms with Crippen LogP contribution in [0.2, 0.25) is 0 Å². The summed E-state index contributed by atoms with van der Waals surface area (Å²) in [7, 11) is 0. The van der Waals surface area contributed by atoms with Gasteiger partial charge in [-0.1, -0.05) is 12.1 Å². The molecular formula is C14H15NO2S. The van der Waals surface area contributed by atoms with Crippen LogP contribution < -0.4 is 5.32 Å². The number of rotatable bonds is 5. The maximum atomic E-state index is 11.0. The van der Waals surface area contributed by atoms with Crippen molar-refractivity contribution in [3.8, 4) is 0 Å². The van der Waals surface area contributed by atoms with Gasteiger partial charge in [-0.25, -0.2) is 0 Å². The summed E-state index contributed by atoms with van der Waals surface area (Å²) in [5, 5.41) is 2.78. The highest BCUT2D eigenvalue weighted by Gasteiger charge is 2.00. The van der Waals surface area contributed by atoms with Crippen molar-refractivity contribution in [2.75, 3.05) is 5.32 Å². The molecular weight excluding hydrogens is 246 g/mol. The Morgan fingerprint density at radius 2 is 2.17 bits per heavy atom. The third kappa shape index (κ3) is 3.96. The molecule has 0 fully saturated rings. The summed E-state index contributed by atoms with van der Waals surface area (Å²) in [5.41, 5.74) is 2.04. The molecule has 1 amide bonds. The zero-order valence-electron chi connectivity index (χ0n) is 10.2. The third-order valence-corrected chi connectivity index (χ3v) is 3.37. The van der Waals surface area contributed by atoms with Crippen molar-refractivity contribution in [2.45, 2.75) is 18.4 Å². The van der Waals surface area contributed by atoms with Gasteiger partial charge in [0.25, 0.3) is 0 Å². The van der Waals surface area contributed by atoms with Crippen LogP contribution in [0.4, 0.5) is 5.69 Å². The van der Waals surface area contributed by atoms with Gasteiger partial charge in [-0.3, -0.25) is 4.79 Å². The minimum atomic E-state index is -0.0459. The molecule has 2 aromatic rings. The van der Waals surface area contributed by atoms with Crippen molar-refractivity contribution in [3.05, 3.63) is 54.0 Å². The van der Waals surface area contributed by atoms with Crippen molar-refractivity contribution >= 4 is 23.4 Å². The first kappa shape index (κ1) is 12.8. The number of carbonyl (C=O) groups is 1. The fourth-order valence-electron chi connectivity index (χ4n) is 1.61. The number of furan rings is 1. The lowest BCUT2D eigenvalue weighted by Gasteiger charge is -2.05. The van der Waals surface area contributed by atoms with E-state index in [1.807, 2.05) is 30.3 Å². The molecule has 0 unspecified atom stereocenters. The molecule has 0 aliphatic heterocycles. The van der Waals surface area contributed by atoms with Crippen LogP contribution in [-0.4, -0.2) is 5.91 Å². The van der Waals surface area contributed by atoms with E-state index in [2.05, 4.69) is 11.4 Å². The molecule has 0 bridgehead atoms. The monoisotopic (exact) mass is 261 g/mol. The maximum absolute atomic E-state index is 11.0. The van der Waals surface area contributed by atoms with Gasteiger partial charge >= 0.3 is 0 Å². The van der Waals surface area contributed by atoms with Gasteiger partial charge in [-0.05, 0) is 29.8 Å². The van der Waals surface area contributed by atoms with Crippen LogP contribution in [0.1, 0.15) is 18.2 Å². The highest BCUT2D eigenvalue weighted by atomic mass is 32.2. The second-order valence-electron chi connectivity index (χ2n) is 3.95. The molecule has 0 saturated carbocycles. The van der Waals surface area contributed by atoms with Gasteiger partial charge in [0, 0.05) is 18.4 Å². The molecule has 0 saturated heterocycles. The molecule has 94 valence electrons. The molecule has 1 heterocycles. The Labute approximate surface area is 111 Å². The molecule has 18 heavy (non-hydrogen) atoms. The first-order chi connectivity index (χ1) is 8.74. The summed E-state index contributed by atoms with van der Waals surface area (Å²) in [5.74, 6) is 2.69. The Balaban J connectivity index is 1.87. The Morgan fingerprint density at radius 3 is 2.89 bits per heavy atom.